The number of nitrogens with zero attached hydrogens (tertiary/aromatic N) is 5. The Labute approximate surface area is 165 Å². The van der Waals surface area contributed by atoms with E-state index in [9.17, 15) is 18.4 Å². The molecule has 4 rings (SSSR count). The number of carbonyl (C=O) groups excluding carboxylic acids is 2. The fraction of sp³-hybridized carbons (Fsp3) is 0.200. The highest BCUT2D eigenvalue weighted by atomic mass is 19.2. The third-order valence-corrected chi connectivity index (χ3v) is 4.82. The summed E-state index contributed by atoms with van der Waals surface area (Å²) >= 11 is 0. The molecule has 0 spiro atoms. The van der Waals surface area contributed by atoms with Crippen molar-refractivity contribution in [2.24, 2.45) is 0 Å². The summed E-state index contributed by atoms with van der Waals surface area (Å²) in [7, 11) is 0. The number of amides is 2. The van der Waals surface area contributed by atoms with Crippen LogP contribution in [0.5, 0.6) is 0 Å². The van der Waals surface area contributed by atoms with Crippen LogP contribution in [0.2, 0.25) is 0 Å². The van der Waals surface area contributed by atoms with Gasteiger partial charge in [0.15, 0.2) is 11.6 Å². The van der Waals surface area contributed by atoms with Crippen molar-refractivity contribution in [3.63, 3.8) is 0 Å². The molecule has 3 aromatic rings. The zero-order valence-corrected chi connectivity index (χ0v) is 15.3. The number of rotatable bonds is 3. The number of piperazine rings is 1. The van der Waals surface area contributed by atoms with Crippen LogP contribution < -0.4 is 0 Å². The van der Waals surface area contributed by atoms with Gasteiger partial charge in [-0.15, -0.1) is 0 Å². The summed E-state index contributed by atoms with van der Waals surface area (Å²) in [6.07, 6.45) is 3.00. The number of hydrogen-bond acceptors (Lipinski definition) is 4. The molecule has 1 aliphatic heterocycles. The maximum absolute atomic E-state index is 13.4. The number of carbonyl (C=O) groups is 2. The highest BCUT2D eigenvalue weighted by molar-refractivity contribution is 5.96. The molecular weight excluding hydrogens is 380 g/mol. The Bertz CT molecular complexity index is 1030. The lowest BCUT2D eigenvalue weighted by molar-refractivity contribution is 0.0535. The molecule has 1 saturated heterocycles. The Balaban J connectivity index is 1.38. The van der Waals surface area contributed by atoms with Gasteiger partial charge in [0.25, 0.3) is 11.8 Å². The quantitative estimate of drug-likeness (QED) is 0.679. The van der Waals surface area contributed by atoms with Crippen molar-refractivity contribution < 1.29 is 18.4 Å². The SMILES string of the molecule is O=C(c1ccc(-n2cncn2)cc1)N1CCN(C(=O)c2ccc(F)c(F)c2)CC1. The molecule has 1 fully saturated rings. The molecule has 0 radical (unpaired) electrons. The average Bonchev–Trinajstić information content (AvgIpc) is 3.30. The molecule has 0 saturated carbocycles. The lowest BCUT2D eigenvalue weighted by Gasteiger charge is -2.35. The van der Waals surface area contributed by atoms with E-state index in [2.05, 4.69) is 10.1 Å². The van der Waals surface area contributed by atoms with Gasteiger partial charge in [-0.1, -0.05) is 0 Å². The van der Waals surface area contributed by atoms with Crippen molar-refractivity contribution in [2.75, 3.05) is 26.2 Å². The third-order valence-electron chi connectivity index (χ3n) is 4.82. The number of aromatic nitrogens is 3. The van der Waals surface area contributed by atoms with Crippen LogP contribution in [0.25, 0.3) is 5.69 Å². The van der Waals surface area contributed by atoms with Crippen molar-refractivity contribution >= 4 is 11.8 Å². The van der Waals surface area contributed by atoms with E-state index in [0.29, 0.717) is 31.7 Å². The van der Waals surface area contributed by atoms with Crippen LogP contribution in [0.1, 0.15) is 20.7 Å². The van der Waals surface area contributed by atoms with E-state index in [0.717, 1.165) is 17.8 Å². The Morgan fingerprint density at radius 3 is 1.93 bits per heavy atom. The van der Waals surface area contributed by atoms with Crippen molar-refractivity contribution in [1.82, 2.24) is 24.6 Å². The van der Waals surface area contributed by atoms with Crippen molar-refractivity contribution in [2.45, 2.75) is 0 Å². The van der Waals surface area contributed by atoms with Gasteiger partial charge < -0.3 is 9.80 Å². The van der Waals surface area contributed by atoms with Crippen LogP contribution in [0.15, 0.2) is 55.1 Å². The van der Waals surface area contributed by atoms with Gasteiger partial charge >= 0.3 is 0 Å². The Morgan fingerprint density at radius 1 is 0.793 bits per heavy atom. The molecule has 0 aliphatic carbocycles. The van der Waals surface area contributed by atoms with Crippen LogP contribution in [-0.2, 0) is 0 Å². The van der Waals surface area contributed by atoms with Crippen molar-refractivity contribution in [3.05, 3.63) is 77.9 Å². The van der Waals surface area contributed by atoms with E-state index in [-0.39, 0.29) is 17.4 Å². The summed E-state index contributed by atoms with van der Waals surface area (Å²) in [5, 5.41) is 4.04. The molecule has 1 aromatic heterocycles. The standard InChI is InChI=1S/C20H17F2N5O2/c21-17-6-3-15(11-18(17)22)20(29)26-9-7-25(8-10-26)19(28)14-1-4-16(5-2-14)27-13-23-12-24-27/h1-6,11-13H,7-10H2. The highest BCUT2D eigenvalue weighted by Gasteiger charge is 2.26. The topological polar surface area (TPSA) is 71.3 Å². The summed E-state index contributed by atoms with van der Waals surface area (Å²) < 4.78 is 28.0. The zero-order chi connectivity index (χ0) is 20.4. The first kappa shape index (κ1) is 18.7. The van der Waals surface area contributed by atoms with Crippen LogP contribution in [0.3, 0.4) is 0 Å². The zero-order valence-electron chi connectivity index (χ0n) is 15.3. The number of benzene rings is 2. The molecule has 0 N–H and O–H groups in total. The van der Waals surface area contributed by atoms with Gasteiger partial charge in [-0.05, 0) is 42.5 Å². The average molecular weight is 397 g/mol. The lowest BCUT2D eigenvalue weighted by Crippen LogP contribution is -2.50. The summed E-state index contributed by atoms with van der Waals surface area (Å²) in [5.41, 5.74) is 1.42. The fourth-order valence-corrected chi connectivity index (χ4v) is 3.21. The molecule has 9 heteroatoms. The summed E-state index contributed by atoms with van der Waals surface area (Å²) in [6.45, 7) is 1.36. The van der Waals surface area contributed by atoms with Crippen LogP contribution in [0, 0.1) is 11.6 Å². The Hall–Kier alpha value is -3.62. The molecule has 0 atom stereocenters. The van der Waals surface area contributed by atoms with Gasteiger partial charge in [0.2, 0.25) is 0 Å². The van der Waals surface area contributed by atoms with Crippen molar-refractivity contribution in [1.29, 1.82) is 0 Å². The summed E-state index contributed by atoms with van der Waals surface area (Å²) in [6, 6.07) is 10.1. The minimum absolute atomic E-state index is 0.0902. The number of hydrogen-bond donors (Lipinski definition) is 0. The molecule has 2 aromatic carbocycles. The van der Waals surface area contributed by atoms with E-state index < -0.39 is 11.6 Å². The van der Waals surface area contributed by atoms with Gasteiger partial charge in [0.05, 0.1) is 5.69 Å². The minimum atomic E-state index is -1.06. The van der Waals surface area contributed by atoms with E-state index in [1.165, 1.54) is 17.3 Å². The van der Waals surface area contributed by atoms with Crippen LogP contribution >= 0.6 is 0 Å². The normalized spacial score (nSPS) is 14.1. The lowest BCUT2D eigenvalue weighted by atomic mass is 10.1. The van der Waals surface area contributed by atoms with E-state index in [1.54, 1.807) is 40.2 Å². The monoisotopic (exact) mass is 397 g/mol. The van der Waals surface area contributed by atoms with Gasteiger partial charge in [-0.2, -0.15) is 5.10 Å². The second-order valence-electron chi connectivity index (χ2n) is 6.60. The predicted octanol–water partition coefficient (Wildman–Crippen LogP) is 2.14. The van der Waals surface area contributed by atoms with Crippen molar-refractivity contribution in [3.8, 4) is 5.69 Å². The maximum atomic E-state index is 13.4. The first-order valence-electron chi connectivity index (χ1n) is 9.01. The molecule has 7 nitrogen and oxygen atoms in total. The van der Waals surface area contributed by atoms with Crippen LogP contribution in [-0.4, -0.2) is 62.6 Å². The fourth-order valence-electron chi connectivity index (χ4n) is 3.21. The Kier molecular flexibility index (Phi) is 5.03. The minimum Gasteiger partial charge on any atom is -0.335 e. The first-order valence-corrected chi connectivity index (χ1v) is 9.01. The smallest absolute Gasteiger partial charge is 0.254 e. The maximum Gasteiger partial charge on any atom is 0.254 e. The molecule has 0 unspecified atom stereocenters. The second-order valence-corrected chi connectivity index (χ2v) is 6.60. The molecule has 148 valence electrons. The number of halogens is 2. The van der Waals surface area contributed by atoms with Gasteiger partial charge in [0.1, 0.15) is 12.7 Å². The van der Waals surface area contributed by atoms with Gasteiger partial charge in [-0.25, -0.2) is 18.4 Å². The molecule has 2 heterocycles. The van der Waals surface area contributed by atoms with E-state index in [1.807, 2.05) is 0 Å². The summed E-state index contributed by atoms with van der Waals surface area (Å²) in [5.74, 6) is -2.56. The van der Waals surface area contributed by atoms with Gasteiger partial charge in [-0.3, -0.25) is 9.59 Å². The molecular formula is C20H17F2N5O2. The molecule has 2 amide bonds. The van der Waals surface area contributed by atoms with Gasteiger partial charge in [0, 0.05) is 37.3 Å². The highest BCUT2D eigenvalue weighted by Crippen LogP contribution is 2.15. The second kappa shape index (κ2) is 7.78. The predicted molar refractivity (Wildman–Crippen MR) is 99.5 cm³/mol. The molecule has 1 aliphatic rings. The van der Waals surface area contributed by atoms with E-state index in [4.69, 9.17) is 0 Å². The Morgan fingerprint density at radius 2 is 1.38 bits per heavy atom. The molecule has 29 heavy (non-hydrogen) atoms. The summed E-state index contributed by atoms with van der Waals surface area (Å²) in [4.78, 5) is 32.3. The molecule has 0 bridgehead atoms. The first-order chi connectivity index (χ1) is 14.0. The van der Waals surface area contributed by atoms with Crippen LogP contribution in [0.4, 0.5) is 8.78 Å². The third kappa shape index (κ3) is 3.84. The largest absolute Gasteiger partial charge is 0.335 e. The van der Waals surface area contributed by atoms with E-state index >= 15 is 0 Å².